The molecule has 6 rings (SSSR count). The number of hydrogen-bond acceptors (Lipinski definition) is 7. The topological polar surface area (TPSA) is 92.8 Å². The zero-order chi connectivity index (χ0) is 23.8. The lowest BCUT2D eigenvalue weighted by molar-refractivity contribution is 0.181. The molecule has 5 aromatic rings. The maximum absolute atomic E-state index is 13.3. The third-order valence-corrected chi connectivity index (χ3v) is 6.03. The highest BCUT2D eigenvalue weighted by Crippen LogP contribution is 2.31. The van der Waals surface area contributed by atoms with Crippen molar-refractivity contribution < 1.29 is 14.2 Å². The Balaban J connectivity index is 1.43. The van der Waals surface area contributed by atoms with Crippen LogP contribution in [0.15, 0.2) is 65.6 Å². The molecule has 4 heterocycles. The number of methoxy groups -OCH3 is 1. The molecule has 2 aromatic carbocycles. The van der Waals surface area contributed by atoms with Gasteiger partial charge in [-0.1, -0.05) is 36.4 Å². The van der Waals surface area contributed by atoms with Crippen molar-refractivity contribution in [3.8, 4) is 22.6 Å². The van der Waals surface area contributed by atoms with Crippen LogP contribution in [0.2, 0.25) is 0 Å². The van der Waals surface area contributed by atoms with Crippen LogP contribution in [-0.2, 0) is 17.9 Å². The molecule has 0 aliphatic carbocycles. The summed E-state index contributed by atoms with van der Waals surface area (Å²) in [4.78, 5) is 13.3. The van der Waals surface area contributed by atoms with Gasteiger partial charge in [-0.25, -0.2) is 4.52 Å². The quantitative estimate of drug-likeness (QED) is 0.389. The summed E-state index contributed by atoms with van der Waals surface area (Å²) >= 11 is 0. The third-order valence-electron chi connectivity index (χ3n) is 6.03. The van der Waals surface area contributed by atoms with Gasteiger partial charge in [0, 0.05) is 19.7 Å². The largest absolute Gasteiger partial charge is 0.490 e. The summed E-state index contributed by atoms with van der Waals surface area (Å²) in [5.41, 5.74) is 4.65. The molecule has 0 fully saturated rings. The molecule has 0 spiro atoms. The number of benzene rings is 2. The van der Waals surface area contributed by atoms with Gasteiger partial charge in [0.1, 0.15) is 5.52 Å². The van der Waals surface area contributed by atoms with E-state index in [9.17, 15) is 4.79 Å². The van der Waals surface area contributed by atoms with Crippen molar-refractivity contribution in [1.82, 2.24) is 24.4 Å². The predicted octanol–water partition coefficient (Wildman–Crippen LogP) is 3.46. The summed E-state index contributed by atoms with van der Waals surface area (Å²) in [7, 11) is 1.63. The van der Waals surface area contributed by atoms with Crippen LogP contribution in [0.3, 0.4) is 0 Å². The van der Waals surface area contributed by atoms with Crippen LogP contribution in [0.1, 0.15) is 17.7 Å². The van der Waals surface area contributed by atoms with E-state index in [-0.39, 0.29) is 11.1 Å². The number of aromatic nitrogens is 5. The predicted molar refractivity (Wildman–Crippen MR) is 130 cm³/mol. The van der Waals surface area contributed by atoms with E-state index in [1.165, 1.54) is 0 Å². The van der Waals surface area contributed by atoms with E-state index < -0.39 is 0 Å². The van der Waals surface area contributed by atoms with Crippen molar-refractivity contribution in [2.75, 3.05) is 20.3 Å². The van der Waals surface area contributed by atoms with E-state index in [0.717, 1.165) is 34.6 Å². The Labute approximate surface area is 200 Å². The Kier molecular flexibility index (Phi) is 5.38. The van der Waals surface area contributed by atoms with Crippen LogP contribution in [-0.4, -0.2) is 44.7 Å². The average molecular weight is 470 g/mol. The second-order valence-electron chi connectivity index (χ2n) is 8.37. The first-order valence-electron chi connectivity index (χ1n) is 11.4. The number of rotatable bonds is 5. The average Bonchev–Trinajstić information content (AvgIpc) is 3.08. The minimum absolute atomic E-state index is 0.242. The highest BCUT2D eigenvalue weighted by molar-refractivity contribution is 5.84. The van der Waals surface area contributed by atoms with Crippen molar-refractivity contribution >= 4 is 16.7 Å². The molecule has 0 saturated carbocycles. The molecule has 176 valence electrons. The first-order chi connectivity index (χ1) is 17.2. The highest BCUT2D eigenvalue weighted by Gasteiger charge is 2.20. The van der Waals surface area contributed by atoms with Gasteiger partial charge in [-0.3, -0.25) is 4.79 Å². The van der Waals surface area contributed by atoms with Crippen LogP contribution < -0.4 is 15.0 Å². The molecule has 1 aliphatic heterocycles. The van der Waals surface area contributed by atoms with Gasteiger partial charge in [-0.2, -0.15) is 5.10 Å². The number of ether oxygens (including phenoxy) is 3. The molecular weight excluding hydrogens is 446 g/mol. The number of fused-ring (bicyclic) bond motifs is 4. The Hall–Kier alpha value is -4.24. The van der Waals surface area contributed by atoms with Crippen molar-refractivity contribution in [3.63, 3.8) is 0 Å². The SMILES string of the molecule is COCc1nn2c(nnc3c(=O)n(Cc4ccc5c(c4)OCCCO5)ccc32)c1-c1ccccc1. The summed E-state index contributed by atoms with van der Waals surface area (Å²) in [6, 6.07) is 17.5. The molecule has 0 radical (unpaired) electrons. The van der Waals surface area contributed by atoms with Gasteiger partial charge in [-0.15, -0.1) is 10.2 Å². The molecule has 0 amide bonds. The monoisotopic (exact) mass is 469 g/mol. The van der Waals surface area contributed by atoms with Gasteiger partial charge in [0.25, 0.3) is 5.56 Å². The van der Waals surface area contributed by atoms with Crippen LogP contribution >= 0.6 is 0 Å². The maximum Gasteiger partial charge on any atom is 0.280 e. The molecule has 0 unspecified atom stereocenters. The normalized spacial score (nSPS) is 13.3. The summed E-state index contributed by atoms with van der Waals surface area (Å²) in [5.74, 6) is 1.43. The first kappa shape index (κ1) is 21.3. The second kappa shape index (κ2) is 8.84. The highest BCUT2D eigenvalue weighted by atomic mass is 16.5. The Morgan fingerprint density at radius 2 is 1.83 bits per heavy atom. The molecule has 35 heavy (non-hydrogen) atoms. The van der Waals surface area contributed by atoms with Crippen LogP contribution in [0, 0.1) is 0 Å². The fourth-order valence-electron chi connectivity index (χ4n) is 4.39. The standard InChI is InChI=1S/C26H23N5O4/c1-33-16-19-23(18-6-3-2-4-7-18)25-28-27-24-20(31(25)29-19)10-11-30(26(24)32)15-17-8-9-21-22(14-17)35-13-5-12-34-21/h2-4,6-11,14H,5,12-13,15-16H2,1H3. The fourth-order valence-corrected chi connectivity index (χ4v) is 4.39. The summed E-state index contributed by atoms with van der Waals surface area (Å²) in [6.07, 6.45) is 2.60. The minimum atomic E-state index is -0.242. The van der Waals surface area contributed by atoms with Gasteiger partial charge in [0.05, 0.1) is 37.6 Å². The fraction of sp³-hybridized carbons (Fsp3) is 0.231. The van der Waals surface area contributed by atoms with Gasteiger partial charge in [0.15, 0.2) is 22.7 Å². The van der Waals surface area contributed by atoms with Gasteiger partial charge in [-0.05, 0) is 29.3 Å². The lowest BCUT2D eigenvalue weighted by Crippen LogP contribution is -2.22. The Morgan fingerprint density at radius 3 is 2.66 bits per heavy atom. The van der Waals surface area contributed by atoms with Crippen molar-refractivity contribution in [1.29, 1.82) is 0 Å². The Bertz CT molecular complexity index is 1590. The van der Waals surface area contributed by atoms with Crippen LogP contribution in [0.25, 0.3) is 27.8 Å². The summed E-state index contributed by atoms with van der Waals surface area (Å²) in [6.45, 7) is 1.93. The first-order valence-corrected chi connectivity index (χ1v) is 11.4. The molecule has 0 atom stereocenters. The smallest absolute Gasteiger partial charge is 0.280 e. The van der Waals surface area contributed by atoms with Crippen LogP contribution in [0.4, 0.5) is 0 Å². The molecule has 9 heteroatoms. The molecule has 0 bridgehead atoms. The van der Waals surface area contributed by atoms with E-state index in [1.54, 1.807) is 22.4 Å². The number of hydrogen-bond donors (Lipinski definition) is 0. The molecule has 0 N–H and O–H groups in total. The third kappa shape index (κ3) is 3.79. The van der Waals surface area contributed by atoms with Gasteiger partial charge < -0.3 is 18.8 Å². The summed E-state index contributed by atoms with van der Waals surface area (Å²) < 4.78 is 20.2. The van der Waals surface area contributed by atoms with E-state index >= 15 is 0 Å². The molecule has 0 saturated heterocycles. The van der Waals surface area contributed by atoms with E-state index in [0.29, 0.717) is 43.3 Å². The van der Waals surface area contributed by atoms with Crippen molar-refractivity contribution in [2.45, 2.75) is 19.6 Å². The minimum Gasteiger partial charge on any atom is -0.490 e. The van der Waals surface area contributed by atoms with Gasteiger partial charge in [0.2, 0.25) is 0 Å². The number of nitrogens with zero attached hydrogens (tertiary/aromatic N) is 5. The molecular formula is C26H23N5O4. The zero-order valence-corrected chi connectivity index (χ0v) is 19.2. The zero-order valence-electron chi connectivity index (χ0n) is 19.2. The molecule has 9 nitrogen and oxygen atoms in total. The van der Waals surface area contributed by atoms with Crippen molar-refractivity contribution in [2.24, 2.45) is 0 Å². The maximum atomic E-state index is 13.3. The lowest BCUT2D eigenvalue weighted by Gasteiger charge is -2.11. The van der Waals surface area contributed by atoms with Crippen LogP contribution in [0.5, 0.6) is 11.5 Å². The lowest BCUT2D eigenvalue weighted by atomic mass is 10.1. The Morgan fingerprint density at radius 1 is 1.00 bits per heavy atom. The van der Waals surface area contributed by atoms with E-state index in [4.69, 9.17) is 19.3 Å². The molecule has 3 aromatic heterocycles. The summed E-state index contributed by atoms with van der Waals surface area (Å²) in [5, 5.41) is 13.5. The van der Waals surface area contributed by atoms with Gasteiger partial charge >= 0.3 is 0 Å². The van der Waals surface area contributed by atoms with E-state index in [2.05, 4.69) is 10.2 Å². The second-order valence-corrected chi connectivity index (χ2v) is 8.37. The van der Waals surface area contributed by atoms with E-state index in [1.807, 2.05) is 54.6 Å². The van der Waals surface area contributed by atoms with Crippen molar-refractivity contribution in [3.05, 3.63) is 82.4 Å². The number of pyridine rings is 1. The molecule has 1 aliphatic rings.